The zero-order valence-electron chi connectivity index (χ0n) is 18.8. The molecule has 4 rings (SSSR count). The first-order valence-corrected chi connectivity index (χ1v) is 11.4. The number of hydrogen-bond donors (Lipinski definition) is 2. The number of aromatic amines is 1. The number of oxazole rings is 1. The first kappa shape index (κ1) is 22.8. The van der Waals surface area contributed by atoms with Crippen molar-refractivity contribution in [1.29, 1.82) is 0 Å². The molecular weight excluding hydrogens is 424 g/mol. The van der Waals surface area contributed by atoms with Crippen molar-refractivity contribution >= 4 is 5.69 Å². The molecule has 0 unspecified atom stereocenters. The number of benzene rings is 2. The fourth-order valence-electron chi connectivity index (χ4n) is 3.86. The third-order valence-electron chi connectivity index (χ3n) is 5.48. The summed E-state index contributed by atoms with van der Waals surface area (Å²) in [7, 11) is 0. The number of H-pyrrole nitrogens is 1. The highest BCUT2D eigenvalue weighted by Crippen LogP contribution is 2.29. The van der Waals surface area contributed by atoms with Crippen LogP contribution in [0.15, 0.2) is 51.7 Å². The van der Waals surface area contributed by atoms with E-state index in [1.54, 1.807) is 18.2 Å². The number of anilines is 1. The Kier molecular flexibility index (Phi) is 7.57. The monoisotopic (exact) mass is 454 g/mol. The smallest absolute Gasteiger partial charge is 0.419 e. The van der Waals surface area contributed by atoms with E-state index in [1.807, 2.05) is 6.07 Å². The number of ether oxygens (including phenoxy) is 3. The van der Waals surface area contributed by atoms with Gasteiger partial charge in [-0.15, -0.1) is 0 Å². The van der Waals surface area contributed by atoms with Crippen molar-refractivity contribution < 1.29 is 23.7 Å². The topological polar surface area (TPSA) is 97.2 Å². The molecule has 2 heterocycles. The van der Waals surface area contributed by atoms with Crippen LogP contribution in [0.25, 0.3) is 11.3 Å². The van der Waals surface area contributed by atoms with Gasteiger partial charge in [-0.05, 0) is 42.3 Å². The summed E-state index contributed by atoms with van der Waals surface area (Å²) in [6.07, 6.45) is 2.74. The average Bonchev–Trinajstić information content (AvgIpc) is 3.18. The lowest BCUT2D eigenvalue weighted by Gasteiger charge is -2.29. The summed E-state index contributed by atoms with van der Waals surface area (Å²) in [5.74, 6) is 0.642. The van der Waals surface area contributed by atoms with Gasteiger partial charge in [-0.1, -0.05) is 25.5 Å². The summed E-state index contributed by atoms with van der Waals surface area (Å²) in [6, 6.07) is 13.5. The maximum atomic E-state index is 11.3. The van der Waals surface area contributed by atoms with Crippen molar-refractivity contribution in [2.75, 3.05) is 44.4 Å². The lowest BCUT2D eigenvalue weighted by Crippen LogP contribution is -2.36. The van der Waals surface area contributed by atoms with Crippen LogP contribution < -0.4 is 20.1 Å². The Bertz CT molecular complexity index is 1100. The van der Waals surface area contributed by atoms with E-state index in [4.69, 9.17) is 18.6 Å². The number of aryl methyl sites for hydroxylation is 1. The molecule has 0 bridgehead atoms. The van der Waals surface area contributed by atoms with E-state index in [-0.39, 0.29) is 11.6 Å². The number of nitrogens with zero attached hydrogens (tertiary/aromatic N) is 1. The van der Waals surface area contributed by atoms with Crippen molar-refractivity contribution in [3.05, 3.63) is 58.6 Å². The van der Waals surface area contributed by atoms with Crippen molar-refractivity contribution in [3.63, 3.8) is 0 Å². The van der Waals surface area contributed by atoms with Crippen molar-refractivity contribution in [3.8, 4) is 28.7 Å². The molecule has 1 aliphatic heterocycles. The summed E-state index contributed by atoms with van der Waals surface area (Å²) >= 11 is 0. The van der Waals surface area contributed by atoms with Gasteiger partial charge in [0.25, 0.3) is 0 Å². The number of hydrogen-bond acceptors (Lipinski definition) is 7. The second-order valence-corrected chi connectivity index (χ2v) is 7.91. The third kappa shape index (κ3) is 5.90. The molecule has 0 aliphatic carbocycles. The standard InChI is InChI=1S/C25H30N2O6/c1-2-5-18-16-20(27-10-14-30-15-11-27)8-9-22(18)32-13-4-12-31-21-7-3-6-19(17-21)23-24(28)26-25(29)33-23/h3,6-9,16-17,28H,2,4-5,10-15H2,1H3,(H,26,29). The van der Waals surface area contributed by atoms with Crippen LogP contribution in [0.4, 0.5) is 5.69 Å². The first-order chi connectivity index (χ1) is 16.1. The molecule has 2 N–H and O–H groups in total. The van der Waals surface area contributed by atoms with Gasteiger partial charge in [-0.2, -0.15) is 0 Å². The molecule has 176 valence electrons. The SMILES string of the molecule is CCCc1cc(N2CCOCC2)ccc1OCCCOc1cccc(-c2oc(=O)[nH]c2O)c1. The van der Waals surface area contributed by atoms with Gasteiger partial charge < -0.3 is 28.6 Å². The Morgan fingerprint density at radius 2 is 1.91 bits per heavy atom. The summed E-state index contributed by atoms with van der Waals surface area (Å²) in [5.41, 5.74) is 3.01. The van der Waals surface area contributed by atoms with E-state index in [1.165, 1.54) is 11.3 Å². The molecule has 1 aromatic heterocycles. The largest absolute Gasteiger partial charge is 0.493 e. The van der Waals surface area contributed by atoms with Gasteiger partial charge >= 0.3 is 5.76 Å². The van der Waals surface area contributed by atoms with Gasteiger partial charge in [0.15, 0.2) is 5.76 Å². The molecule has 0 amide bonds. The highest BCUT2D eigenvalue weighted by molar-refractivity contribution is 5.63. The second-order valence-electron chi connectivity index (χ2n) is 7.91. The Morgan fingerprint density at radius 1 is 1.09 bits per heavy atom. The lowest BCUT2D eigenvalue weighted by molar-refractivity contribution is 0.122. The molecule has 2 aromatic carbocycles. The molecule has 3 aromatic rings. The minimum Gasteiger partial charge on any atom is -0.493 e. The molecule has 1 saturated heterocycles. The van der Waals surface area contributed by atoms with Crippen LogP contribution in [0, 0.1) is 0 Å². The zero-order valence-corrected chi connectivity index (χ0v) is 18.8. The van der Waals surface area contributed by atoms with E-state index in [2.05, 4.69) is 35.0 Å². The Hall–Kier alpha value is -3.39. The van der Waals surface area contributed by atoms with E-state index in [0.29, 0.717) is 30.9 Å². The molecule has 1 aliphatic rings. The zero-order chi connectivity index (χ0) is 23.0. The van der Waals surface area contributed by atoms with E-state index >= 15 is 0 Å². The van der Waals surface area contributed by atoms with Gasteiger partial charge in [0.05, 0.1) is 26.4 Å². The molecule has 33 heavy (non-hydrogen) atoms. The summed E-state index contributed by atoms with van der Waals surface area (Å²) in [5, 5.41) is 9.77. The van der Waals surface area contributed by atoms with Gasteiger partial charge in [0.1, 0.15) is 11.5 Å². The average molecular weight is 455 g/mol. The molecule has 0 radical (unpaired) electrons. The van der Waals surface area contributed by atoms with Crippen molar-refractivity contribution in [2.24, 2.45) is 0 Å². The third-order valence-corrected chi connectivity index (χ3v) is 5.48. The molecule has 8 heteroatoms. The molecule has 1 fully saturated rings. The highest BCUT2D eigenvalue weighted by atomic mass is 16.5. The van der Waals surface area contributed by atoms with Crippen molar-refractivity contribution in [2.45, 2.75) is 26.2 Å². The Morgan fingerprint density at radius 3 is 2.67 bits per heavy atom. The van der Waals surface area contributed by atoms with Crippen LogP contribution in [0.2, 0.25) is 0 Å². The van der Waals surface area contributed by atoms with Gasteiger partial charge in [-0.25, -0.2) is 4.79 Å². The normalized spacial score (nSPS) is 13.8. The maximum Gasteiger partial charge on any atom is 0.419 e. The molecule has 8 nitrogen and oxygen atoms in total. The minimum atomic E-state index is -0.702. The van der Waals surface area contributed by atoms with Crippen LogP contribution in [0.1, 0.15) is 25.3 Å². The number of nitrogens with one attached hydrogen (secondary N) is 1. The van der Waals surface area contributed by atoms with Crippen LogP contribution in [0.3, 0.4) is 0 Å². The predicted octanol–water partition coefficient (Wildman–Crippen LogP) is 3.98. The van der Waals surface area contributed by atoms with Crippen LogP contribution in [0.5, 0.6) is 17.4 Å². The van der Waals surface area contributed by atoms with Gasteiger partial charge in [-0.3, -0.25) is 4.98 Å². The Balaban J connectivity index is 1.29. The molecule has 0 saturated carbocycles. The summed E-state index contributed by atoms with van der Waals surface area (Å²) < 4.78 is 22.3. The van der Waals surface area contributed by atoms with Crippen molar-refractivity contribution in [1.82, 2.24) is 4.98 Å². The number of aromatic nitrogens is 1. The fraction of sp³-hybridized carbons (Fsp3) is 0.400. The number of morpholine rings is 1. The van der Waals surface area contributed by atoms with Gasteiger partial charge in [0.2, 0.25) is 5.88 Å². The van der Waals surface area contributed by atoms with Crippen LogP contribution >= 0.6 is 0 Å². The molecule has 0 spiro atoms. The highest BCUT2D eigenvalue weighted by Gasteiger charge is 2.14. The van der Waals surface area contributed by atoms with E-state index in [0.717, 1.165) is 44.9 Å². The minimum absolute atomic E-state index is 0.0952. The lowest BCUT2D eigenvalue weighted by atomic mass is 10.1. The molecular formula is C25H30N2O6. The maximum absolute atomic E-state index is 11.3. The number of rotatable bonds is 10. The Labute approximate surface area is 192 Å². The first-order valence-electron chi connectivity index (χ1n) is 11.4. The van der Waals surface area contributed by atoms with E-state index in [9.17, 15) is 9.90 Å². The van der Waals surface area contributed by atoms with Gasteiger partial charge in [0, 0.05) is 30.8 Å². The number of aromatic hydroxyl groups is 1. The van der Waals surface area contributed by atoms with Crippen LogP contribution in [-0.2, 0) is 11.2 Å². The molecule has 0 atom stereocenters. The quantitative estimate of drug-likeness (QED) is 0.447. The second kappa shape index (κ2) is 11.0. The predicted molar refractivity (Wildman–Crippen MR) is 126 cm³/mol. The fourth-order valence-corrected chi connectivity index (χ4v) is 3.86. The van der Waals surface area contributed by atoms with Crippen LogP contribution in [-0.4, -0.2) is 49.6 Å². The summed E-state index contributed by atoms with van der Waals surface area (Å²) in [6.45, 7) is 6.56. The van der Waals surface area contributed by atoms with E-state index < -0.39 is 5.76 Å². The summed E-state index contributed by atoms with van der Waals surface area (Å²) in [4.78, 5) is 15.8.